The van der Waals surface area contributed by atoms with E-state index in [0.717, 1.165) is 10.4 Å². The number of nitrogens with zero attached hydrogens (tertiary/aromatic N) is 1. The highest BCUT2D eigenvalue weighted by molar-refractivity contribution is 7.17. The molecule has 4 rings (SSSR count). The molecule has 1 saturated heterocycles. The maximum atomic E-state index is 14.6. The van der Waals surface area contributed by atoms with Crippen LogP contribution in [0.4, 0.5) is 4.39 Å². The molecular formula is C21H18FNO5S. The lowest BCUT2D eigenvalue weighted by Gasteiger charge is -2.13. The van der Waals surface area contributed by atoms with Crippen LogP contribution in [0.3, 0.4) is 0 Å². The van der Waals surface area contributed by atoms with Crippen LogP contribution in [0.5, 0.6) is 5.75 Å². The Labute approximate surface area is 170 Å². The summed E-state index contributed by atoms with van der Waals surface area (Å²) in [6, 6.07) is 4.54. The Hall–Kier alpha value is -2.89. The van der Waals surface area contributed by atoms with E-state index in [4.69, 9.17) is 9.47 Å². The highest BCUT2D eigenvalue weighted by Gasteiger charge is 2.42. The molecule has 1 N–H and O–H groups in total. The second-order valence-electron chi connectivity index (χ2n) is 6.97. The van der Waals surface area contributed by atoms with E-state index in [-0.39, 0.29) is 12.0 Å². The van der Waals surface area contributed by atoms with Gasteiger partial charge in [-0.2, -0.15) is 0 Å². The van der Waals surface area contributed by atoms with E-state index in [1.807, 2.05) is 0 Å². The van der Waals surface area contributed by atoms with Gasteiger partial charge in [-0.15, -0.1) is 11.3 Å². The summed E-state index contributed by atoms with van der Waals surface area (Å²) in [4.78, 5) is 26.6. The number of fused-ring (bicyclic) bond motifs is 3. The maximum absolute atomic E-state index is 14.6. The Kier molecular flexibility index (Phi) is 4.81. The third-order valence-electron chi connectivity index (χ3n) is 5.05. The smallest absolute Gasteiger partial charge is 0.348 e. The van der Waals surface area contributed by atoms with Gasteiger partial charge in [-0.25, -0.2) is 9.18 Å². The number of rotatable bonds is 1. The predicted octanol–water partition coefficient (Wildman–Crippen LogP) is 2.22. The Morgan fingerprint density at radius 3 is 2.90 bits per heavy atom. The fraction of sp³-hybridized carbons (Fsp3) is 0.333. The molecule has 6 nitrogen and oxygen atoms in total. The number of thiophene rings is 1. The molecule has 29 heavy (non-hydrogen) atoms. The van der Waals surface area contributed by atoms with E-state index in [2.05, 4.69) is 11.8 Å². The molecule has 0 unspecified atom stereocenters. The molecule has 1 aromatic carbocycles. The van der Waals surface area contributed by atoms with Gasteiger partial charge < -0.3 is 19.5 Å². The van der Waals surface area contributed by atoms with Gasteiger partial charge in [-0.05, 0) is 17.7 Å². The van der Waals surface area contributed by atoms with Gasteiger partial charge in [0.1, 0.15) is 16.4 Å². The van der Waals surface area contributed by atoms with Gasteiger partial charge in [0, 0.05) is 42.9 Å². The zero-order valence-electron chi connectivity index (χ0n) is 15.9. The molecule has 1 aromatic heterocycles. The average Bonchev–Trinajstić information content (AvgIpc) is 3.19. The van der Waals surface area contributed by atoms with Gasteiger partial charge in [0.15, 0.2) is 0 Å². The van der Waals surface area contributed by atoms with Crippen LogP contribution >= 0.6 is 11.3 Å². The number of likely N-dealkylation sites (tertiary alicyclic amines) is 1. The van der Waals surface area contributed by atoms with Crippen molar-refractivity contribution >= 4 is 23.2 Å². The number of carbonyl (C=O) groups excluding carboxylic acids is 2. The second-order valence-corrected chi connectivity index (χ2v) is 8.02. The fourth-order valence-corrected chi connectivity index (χ4v) is 4.55. The molecule has 2 aliphatic rings. The number of halogens is 1. The molecule has 8 heteroatoms. The molecule has 0 radical (unpaired) electrons. The fourth-order valence-electron chi connectivity index (χ4n) is 3.40. The lowest BCUT2D eigenvalue weighted by atomic mass is 10.0. The van der Waals surface area contributed by atoms with Crippen LogP contribution in [0, 0.1) is 17.7 Å². The van der Waals surface area contributed by atoms with Crippen LogP contribution in [-0.4, -0.2) is 54.8 Å². The number of ether oxygens (including phenoxy) is 2. The van der Waals surface area contributed by atoms with Crippen LogP contribution in [0.1, 0.15) is 27.2 Å². The largest absolute Gasteiger partial charge is 0.492 e. The number of aliphatic hydroxyl groups is 1. The summed E-state index contributed by atoms with van der Waals surface area (Å²) < 4.78 is 25.1. The number of methoxy groups -OCH3 is 1. The van der Waals surface area contributed by atoms with Gasteiger partial charge in [-0.3, -0.25) is 4.79 Å². The van der Waals surface area contributed by atoms with E-state index < -0.39 is 23.3 Å². The summed E-state index contributed by atoms with van der Waals surface area (Å²) in [5, 5.41) is 10.5. The number of amides is 1. The summed E-state index contributed by atoms with van der Waals surface area (Å²) in [5.74, 6) is 3.99. The summed E-state index contributed by atoms with van der Waals surface area (Å²) >= 11 is 1.25. The molecule has 0 saturated carbocycles. The van der Waals surface area contributed by atoms with Crippen LogP contribution in [-0.2, 0) is 16.0 Å². The Balaban J connectivity index is 1.78. The van der Waals surface area contributed by atoms with Crippen molar-refractivity contribution in [2.24, 2.45) is 0 Å². The van der Waals surface area contributed by atoms with Gasteiger partial charge in [0.2, 0.25) is 5.60 Å². The van der Waals surface area contributed by atoms with Crippen molar-refractivity contribution in [2.75, 3.05) is 27.3 Å². The van der Waals surface area contributed by atoms with E-state index in [1.165, 1.54) is 35.5 Å². The molecule has 1 fully saturated rings. The first-order valence-corrected chi connectivity index (χ1v) is 9.83. The van der Waals surface area contributed by atoms with Gasteiger partial charge in [0.25, 0.3) is 5.91 Å². The van der Waals surface area contributed by atoms with Crippen molar-refractivity contribution in [1.82, 2.24) is 4.90 Å². The highest BCUT2D eigenvalue weighted by atomic mass is 32.1. The van der Waals surface area contributed by atoms with E-state index in [9.17, 15) is 19.1 Å². The lowest BCUT2D eigenvalue weighted by Crippen LogP contribution is -2.37. The van der Waals surface area contributed by atoms with E-state index >= 15 is 0 Å². The number of hydrogen-bond donors (Lipinski definition) is 1. The van der Waals surface area contributed by atoms with Crippen LogP contribution in [0.25, 0.3) is 10.4 Å². The first kappa shape index (κ1) is 19.4. The van der Waals surface area contributed by atoms with Gasteiger partial charge >= 0.3 is 5.97 Å². The van der Waals surface area contributed by atoms with Crippen molar-refractivity contribution in [1.29, 1.82) is 0 Å². The monoisotopic (exact) mass is 415 g/mol. The molecular weight excluding hydrogens is 397 g/mol. The number of hydrogen-bond acceptors (Lipinski definition) is 6. The molecule has 0 bridgehead atoms. The van der Waals surface area contributed by atoms with E-state index in [1.54, 1.807) is 13.1 Å². The van der Waals surface area contributed by atoms with Crippen LogP contribution in [0.2, 0.25) is 0 Å². The van der Waals surface area contributed by atoms with Crippen molar-refractivity contribution in [3.63, 3.8) is 0 Å². The van der Waals surface area contributed by atoms with Crippen molar-refractivity contribution < 1.29 is 28.6 Å². The number of likely N-dealkylation sites (N-methyl/N-ethyl adjacent to an activating group) is 1. The van der Waals surface area contributed by atoms with Crippen LogP contribution < -0.4 is 4.74 Å². The standard InChI is InChI=1S/C21H18FNO5S/c1-23-7-6-21(26,20(23)25)5-3-12-9-14-16(11-15(12)22)28-8-4-13-10-17(19(24)27-2)29-18(13)14/h9-11,26H,4,6-8H2,1-2H3/t21-/m0/s1. The molecule has 1 atom stereocenters. The summed E-state index contributed by atoms with van der Waals surface area (Å²) in [5.41, 5.74) is -0.239. The summed E-state index contributed by atoms with van der Waals surface area (Å²) in [6.45, 7) is 0.738. The van der Waals surface area contributed by atoms with Crippen LogP contribution in [0.15, 0.2) is 18.2 Å². The molecule has 150 valence electrons. The number of esters is 1. The normalized spacial score (nSPS) is 20.1. The zero-order valence-corrected chi connectivity index (χ0v) is 16.7. The third kappa shape index (κ3) is 3.37. The number of benzene rings is 1. The highest BCUT2D eigenvalue weighted by Crippen LogP contribution is 2.42. The minimum absolute atomic E-state index is 0.0454. The third-order valence-corrected chi connectivity index (χ3v) is 6.24. The van der Waals surface area contributed by atoms with Crippen molar-refractivity contribution in [2.45, 2.75) is 18.4 Å². The zero-order chi connectivity index (χ0) is 20.8. The Morgan fingerprint density at radius 1 is 1.41 bits per heavy atom. The topological polar surface area (TPSA) is 76.1 Å². The van der Waals surface area contributed by atoms with Crippen molar-refractivity contribution in [3.8, 4) is 28.0 Å². The van der Waals surface area contributed by atoms with Gasteiger partial charge in [-0.1, -0.05) is 11.8 Å². The minimum atomic E-state index is -1.81. The second kappa shape index (κ2) is 7.17. The van der Waals surface area contributed by atoms with E-state index in [0.29, 0.717) is 35.8 Å². The Bertz CT molecular complexity index is 1080. The molecule has 3 heterocycles. The SMILES string of the molecule is COC(=O)c1cc2c(s1)-c1cc(C#C[C@]3(O)CCN(C)C3=O)c(F)cc1OCC2. The lowest BCUT2D eigenvalue weighted by molar-refractivity contribution is -0.137. The first-order chi connectivity index (χ1) is 13.8. The quantitative estimate of drug-likeness (QED) is 0.571. The van der Waals surface area contributed by atoms with Crippen molar-refractivity contribution in [3.05, 3.63) is 40.0 Å². The predicted molar refractivity (Wildman–Crippen MR) is 104 cm³/mol. The van der Waals surface area contributed by atoms with Gasteiger partial charge in [0.05, 0.1) is 19.3 Å². The summed E-state index contributed by atoms with van der Waals surface area (Å²) in [7, 11) is 2.90. The first-order valence-electron chi connectivity index (χ1n) is 9.01. The Morgan fingerprint density at radius 2 is 2.21 bits per heavy atom. The summed E-state index contributed by atoms with van der Waals surface area (Å²) in [6.07, 6.45) is 0.739. The molecule has 2 aliphatic heterocycles. The maximum Gasteiger partial charge on any atom is 0.348 e. The minimum Gasteiger partial charge on any atom is -0.492 e. The number of carbonyl (C=O) groups is 2. The molecule has 0 aliphatic carbocycles. The molecule has 1 amide bonds. The average molecular weight is 415 g/mol. The molecule has 2 aromatic rings. The molecule has 0 spiro atoms.